The van der Waals surface area contributed by atoms with E-state index < -0.39 is 6.04 Å². The summed E-state index contributed by atoms with van der Waals surface area (Å²) in [5.41, 5.74) is 0. The minimum absolute atomic E-state index is 0.00235. The Morgan fingerprint density at radius 1 is 1.40 bits per heavy atom. The second-order valence-corrected chi connectivity index (χ2v) is 5.65. The van der Waals surface area contributed by atoms with E-state index in [2.05, 4.69) is 19.8 Å². The smallest absolute Gasteiger partial charge is 0.234 e. The molecular weight excluding hydrogens is 256 g/mol. The Labute approximate surface area is 119 Å². The van der Waals surface area contributed by atoms with Crippen molar-refractivity contribution in [2.45, 2.75) is 39.9 Å². The highest BCUT2D eigenvalue weighted by Gasteiger charge is 2.23. The minimum Gasteiger partial charge on any atom is -0.345 e. The Kier molecular flexibility index (Phi) is 4.54. The molecule has 1 aromatic rings. The summed E-state index contributed by atoms with van der Waals surface area (Å²) in [7, 11) is 0. The number of hydrogen-bond acceptors (Lipinski definition) is 4. The van der Waals surface area contributed by atoms with Gasteiger partial charge in [-0.3, -0.25) is 14.5 Å². The van der Waals surface area contributed by atoms with Crippen molar-refractivity contribution >= 4 is 11.7 Å². The Morgan fingerprint density at radius 2 is 2.15 bits per heavy atom. The molecular formula is C14H22N4O2. The van der Waals surface area contributed by atoms with Gasteiger partial charge in [0.05, 0.1) is 19.1 Å². The Hall–Kier alpha value is -1.69. The molecule has 1 aromatic heterocycles. The molecule has 2 rings (SSSR count). The van der Waals surface area contributed by atoms with Crippen LogP contribution in [0.1, 0.15) is 26.6 Å². The van der Waals surface area contributed by atoms with Crippen molar-refractivity contribution in [1.29, 1.82) is 0 Å². The molecule has 0 aromatic carbocycles. The Bertz CT molecular complexity index is 495. The van der Waals surface area contributed by atoms with Gasteiger partial charge >= 0.3 is 0 Å². The van der Waals surface area contributed by atoms with E-state index in [0.717, 1.165) is 18.9 Å². The molecule has 110 valence electrons. The number of fused-ring (bicyclic) bond motifs is 1. The molecule has 0 saturated heterocycles. The molecule has 0 aliphatic carbocycles. The summed E-state index contributed by atoms with van der Waals surface area (Å²) in [6.07, 6.45) is 3.74. The summed E-state index contributed by atoms with van der Waals surface area (Å²) in [5, 5.41) is 2.82. The number of ketones is 1. The lowest BCUT2D eigenvalue weighted by molar-refractivity contribution is -0.128. The van der Waals surface area contributed by atoms with Crippen LogP contribution in [-0.2, 0) is 22.7 Å². The van der Waals surface area contributed by atoms with Crippen molar-refractivity contribution in [3.8, 4) is 0 Å². The number of imidazole rings is 1. The van der Waals surface area contributed by atoms with Gasteiger partial charge in [-0.2, -0.15) is 0 Å². The predicted octanol–water partition coefficient (Wildman–Crippen LogP) is 0.428. The van der Waals surface area contributed by atoms with Gasteiger partial charge in [0, 0.05) is 25.5 Å². The first-order chi connectivity index (χ1) is 9.47. The molecule has 20 heavy (non-hydrogen) atoms. The summed E-state index contributed by atoms with van der Waals surface area (Å²) in [5.74, 6) is 0.995. The maximum atomic E-state index is 12.0. The van der Waals surface area contributed by atoms with Crippen LogP contribution in [0.4, 0.5) is 0 Å². The van der Waals surface area contributed by atoms with Gasteiger partial charge in [0.25, 0.3) is 0 Å². The first-order valence-electron chi connectivity index (χ1n) is 6.99. The monoisotopic (exact) mass is 278 g/mol. The summed E-state index contributed by atoms with van der Waals surface area (Å²) in [6.45, 7) is 8.04. The van der Waals surface area contributed by atoms with Crippen LogP contribution in [0.5, 0.6) is 0 Å². The van der Waals surface area contributed by atoms with E-state index in [-0.39, 0.29) is 17.6 Å². The molecule has 6 nitrogen and oxygen atoms in total. The summed E-state index contributed by atoms with van der Waals surface area (Å²) >= 11 is 0. The summed E-state index contributed by atoms with van der Waals surface area (Å²) in [4.78, 5) is 29.9. The number of carbonyl (C=O) groups is 2. The number of hydrogen-bond donors (Lipinski definition) is 1. The first kappa shape index (κ1) is 14.7. The van der Waals surface area contributed by atoms with Crippen LogP contribution in [-0.4, -0.2) is 45.3 Å². The Balaban J connectivity index is 1.88. The van der Waals surface area contributed by atoms with Crippen LogP contribution in [0, 0.1) is 5.92 Å². The topological polar surface area (TPSA) is 67.2 Å². The van der Waals surface area contributed by atoms with E-state index in [0.29, 0.717) is 13.1 Å². The largest absolute Gasteiger partial charge is 0.345 e. The standard InChI is InChI=1S/C14H22N4O2/c1-10(2)14(11(3)19)16-13(20)9-17-6-7-18-5-4-15-12(18)8-17/h4-5,10,14H,6-9H2,1-3H3,(H,16,20). The fourth-order valence-corrected chi connectivity index (χ4v) is 2.52. The van der Waals surface area contributed by atoms with Crippen molar-refractivity contribution in [2.75, 3.05) is 13.1 Å². The van der Waals surface area contributed by atoms with Crippen LogP contribution in [0.15, 0.2) is 12.4 Å². The fraction of sp³-hybridized carbons (Fsp3) is 0.643. The van der Waals surface area contributed by atoms with Gasteiger partial charge in [-0.05, 0) is 12.8 Å². The number of aromatic nitrogens is 2. The number of amides is 1. The highest BCUT2D eigenvalue weighted by atomic mass is 16.2. The van der Waals surface area contributed by atoms with Crippen molar-refractivity contribution in [2.24, 2.45) is 5.92 Å². The van der Waals surface area contributed by atoms with E-state index >= 15 is 0 Å². The molecule has 1 atom stereocenters. The fourth-order valence-electron chi connectivity index (χ4n) is 2.52. The number of nitrogens with zero attached hydrogens (tertiary/aromatic N) is 3. The number of Topliss-reactive ketones (excluding diaryl/α,β-unsaturated/α-hetero) is 1. The molecule has 1 amide bonds. The van der Waals surface area contributed by atoms with E-state index in [1.54, 1.807) is 6.20 Å². The van der Waals surface area contributed by atoms with E-state index in [1.807, 2.05) is 20.0 Å². The quantitative estimate of drug-likeness (QED) is 0.848. The molecule has 1 aliphatic heterocycles. The second-order valence-electron chi connectivity index (χ2n) is 5.65. The molecule has 1 N–H and O–H groups in total. The van der Waals surface area contributed by atoms with Crippen molar-refractivity contribution in [3.05, 3.63) is 18.2 Å². The molecule has 1 unspecified atom stereocenters. The van der Waals surface area contributed by atoms with Gasteiger partial charge in [-0.25, -0.2) is 4.98 Å². The van der Waals surface area contributed by atoms with E-state index in [9.17, 15) is 9.59 Å². The molecule has 0 bridgehead atoms. The van der Waals surface area contributed by atoms with E-state index in [4.69, 9.17) is 0 Å². The van der Waals surface area contributed by atoms with Crippen LogP contribution < -0.4 is 5.32 Å². The third-order valence-corrected chi connectivity index (χ3v) is 3.61. The van der Waals surface area contributed by atoms with Crippen molar-refractivity contribution in [1.82, 2.24) is 19.8 Å². The van der Waals surface area contributed by atoms with Crippen molar-refractivity contribution in [3.63, 3.8) is 0 Å². The third kappa shape index (κ3) is 3.45. The minimum atomic E-state index is -0.394. The average Bonchev–Trinajstić information content (AvgIpc) is 2.82. The molecule has 1 aliphatic rings. The van der Waals surface area contributed by atoms with Gasteiger partial charge < -0.3 is 9.88 Å². The van der Waals surface area contributed by atoms with Gasteiger partial charge in [0.1, 0.15) is 5.82 Å². The summed E-state index contributed by atoms with van der Waals surface area (Å²) < 4.78 is 2.10. The lowest BCUT2D eigenvalue weighted by Crippen LogP contribution is -2.48. The van der Waals surface area contributed by atoms with Crippen LogP contribution >= 0.6 is 0 Å². The zero-order valence-corrected chi connectivity index (χ0v) is 12.3. The first-order valence-corrected chi connectivity index (χ1v) is 6.99. The lowest BCUT2D eigenvalue weighted by Gasteiger charge is -2.28. The molecule has 0 fully saturated rings. The van der Waals surface area contributed by atoms with Gasteiger partial charge in [-0.1, -0.05) is 13.8 Å². The number of carbonyl (C=O) groups excluding carboxylic acids is 2. The van der Waals surface area contributed by atoms with E-state index in [1.165, 1.54) is 6.92 Å². The SMILES string of the molecule is CC(=O)C(NC(=O)CN1CCn2ccnc2C1)C(C)C. The molecule has 6 heteroatoms. The highest BCUT2D eigenvalue weighted by molar-refractivity contribution is 5.88. The zero-order valence-electron chi connectivity index (χ0n) is 12.3. The Morgan fingerprint density at radius 3 is 2.80 bits per heavy atom. The molecule has 2 heterocycles. The van der Waals surface area contributed by atoms with Gasteiger partial charge in [0.2, 0.25) is 5.91 Å². The zero-order chi connectivity index (χ0) is 14.7. The van der Waals surface area contributed by atoms with Crippen LogP contribution in [0.3, 0.4) is 0 Å². The van der Waals surface area contributed by atoms with Crippen LogP contribution in [0.2, 0.25) is 0 Å². The predicted molar refractivity (Wildman–Crippen MR) is 75.0 cm³/mol. The maximum absolute atomic E-state index is 12.0. The van der Waals surface area contributed by atoms with Crippen molar-refractivity contribution < 1.29 is 9.59 Å². The highest BCUT2D eigenvalue weighted by Crippen LogP contribution is 2.10. The second kappa shape index (κ2) is 6.17. The average molecular weight is 278 g/mol. The molecule has 0 radical (unpaired) electrons. The lowest BCUT2D eigenvalue weighted by atomic mass is 10.0. The third-order valence-electron chi connectivity index (χ3n) is 3.61. The number of nitrogens with one attached hydrogen (secondary N) is 1. The normalized spacial score (nSPS) is 16.8. The maximum Gasteiger partial charge on any atom is 0.234 e. The van der Waals surface area contributed by atoms with Gasteiger partial charge in [-0.15, -0.1) is 0 Å². The van der Waals surface area contributed by atoms with Gasteiger partial charge in [0.15, 0.2) is 5.78 Å². The van der Waals surface area contributed by atoms with Crippen LogP contribution in [0.25, 0.3) is 0 Å². The molecule has 0 spiro atoms. The number of rotatable bonds is 5. The molecule has 0 saturated carbocycles. The summed E-state index contributed by atoms with van der Waals surface area (Å²) in [6, 6.07) is -0.394.